The van der Waals surface area contributed by atoms with Crippen LogP contribution in [0.1, 0.15) is 36.0 Å². The van der Waals surface area contributed by atoms with E-state index in [-0.39, 0.29) is 29.6 Å². The molecule has 1 saturated heterocycles. The van der Waals surface area contributed by atoms with E-state index in [2.05, 4.69) is 10.3 Å². The third kappa shape index (κ3) is 4.06. The van der Waals surface area contributed by atoms with Crippen LogP contribution in [-0.4, -0.2) is 46.9 Å². The zero-order valence-electron chi connectivity index (χ0n) is 17.3. The molecule has 2 amide bonds. The van der Waals surface area contributed by atoms with Gasteiger partial charge < -0.3 is 16.0 Å². The average Bonchev–Trinajstić information content (AvgIpc) is 3.19. The summed E-state index contributed by atoms with van der Waals surface area (Å²) in [7, 11) is 0. The number of aromatic nitrogens is 1. The summed E-state index contributed by atoms with van der Waals surface area (Å²) in [5, 5.41) is 3.07. The standard InChI is InChI=1S/C24H27FN4O2/c25-17-3-1-2-15(10-17)21-9-6-16(11-27-21)23(30)28-18-7-4-14(5-8-18)24(31)29-12-19-20(13-29)22(19)26/h1-3,6,9-11,14,18-20,22H,4-5,7-8,12-13,26H2,(H,28,30)/t14?,18?,19-,20+,22?. The predicted molar refractivity (Wildman–Crippen MR) is 114 cm³/mol. The number of benzene rings is 1. The van der Waals surface area contributed by atoms with Crippen molar-refractivity contribution < 1.29 is 14.0 Å². The topological polar surface area (TPSA) is 88.3 Å². The smallest absolute Gasteiger partial charge is 0.253 e. The molecule has 2 aromatic rings. The lowest BCUT2D eigenvalue weighted by molar-refractivity contribution is -0.136. The van der Waals surface area contributed by atoms with Gasteiger partial charge in [0, 0.05) is 42.9 Å². The molecule has 2 heterocycles. The predicted octanol–water partition coefficient (Wildman–Crippen LogP) is 2.59. The van der Waals surface area contributed by atoms with Crippen LogP contribution in [0.2, 0.25) is 0 Å². The van der Waals surface area contributed by atoms with Gasteiger partial charge in [0.05, 0.1) is 11.3 Å². The van der Waals surface area contributed by atoms with Gasteiger partial charge in [-0.25, -0.2) is 4.39 Å². The van der Waals surface area contributed by atoms with Gasteiger partial charge in [-0.05, 0) is 61.8 Å². The highest BCUT2D eigenvalue weighted by Crippen LogP contribution is 2.44. The molecule has 162 valence electrons. The largest absolute Gasteiger partial charge is 0.349 e. The molecule has 3 N–H and O–H groups in total. The van der Waals surface area contributed by atoms with Gasteiger partial charge in [-0.15, -0.1) is 0 Å². The maximum Gasteiger partial charge on any atom is 0.253 e. The zero-order chi connectivity index (χ0) is 21.5. The Kier molecular flexibility index (Phi) is 5.22. The van der Waals surface area contributed by atoms with Crippen LogP contribution in [0.3, 0.4) is 0 Å². The number of amides is 2. The second kappa shape index (κ2) is 8.04. The summed E-state index contributed by atoms with van der Waals surface area (Å²) in [6.07, 6.45) is 4.74. The van der Waals surface area contributed by atoms with Crippen LogP contribution in [0.5, 0.6) is 0 Å². The van der Waals surface area contributed by atoms with E-state index in [1.807, 2.05) is 4.90 Å². The number of pyridine rings is 1. The van der Waals surface area contributed by atoms with Crippen molar-refractivity contribution >= 4 is 11.8 Å². The highest BCUT2D eigenvalue weighted by molar-refractivity contribution is 5.94. The molecular formula is C24H27FN4O2. The molecule has 0 bridgehead atoms. The molecule has 1 unspecified atom stereocenters. The second-order valence-corrected chi connectivity index (χ2v) is 9.11. The van der Waals surface area contributed by atoms with Crippen molar-refractivity contribution in [2.24, 2.45) is 23.5 Å². The van der Waals surface area contributed by atoms with E-state index in [1.54, 1.807) is 24.3 Å². The van der Waals surface area contributed by atoms with Gasteiger partial charge in [0.2, 0.25) is 5.91 Å². The number of carbonyl (C=O) groups excluding carboxylic acids is 2. The van der Waals surface area contributed by atoms with Gasteiger partial charge in [-0.3, -0.25) is 14.6 Å². The maximum atomic E-state index is 13.4. The molecule has 1 aromatic carbocycles. The summed E-state index contributed by atoms with van der Waals surface area (Å²) >= 11 is 0. The molecule has 3 fully saturated rings. The Hall–Kier alpha value is -2.80. The third-order valence-corrected chi connectivity index (χ3v) is 7.13. The highest BCUT2D eigenvalue weighted by Gasteiger charge is 2.55. The van der Waals surface area contributed by atoms with Crippen molar-refractivity contribution in [3.63, 3.8) is 0 Å². The van der Waals surface area contributed by atoms with Gasteiger partial charge in [0.15, 0.2) is 0 Å². The normalized spacial score (nSPS) is 29.4. The fourth-order valence-corrected chi connectivity index (χ4v) is 5.11. The van der Waals surface area contributed by atoms with Crippen LogP contribution in [-0.2, 0) is 4.79 Å². The molecule has 0 spiro atoms. The lowest BCUT2D eigenvalue weighted by Gasteiger charge is -2.31. The summed E-state index contributed by atoms with van der Waals surface area (Å²) < 4.78 is 13.4. The van der Waals surface area contributed by atoms with E-state index in [0.29, 0.717) is 34.7 Å². The molecule has 7 heteroatoms. The fraction of sp³-hybridized carbons (Fsp3) is 0.458. The SMILES string of the molecule is NC1[C@H]2CN(C(=O)C3CCC(NC(=O)c4ccc(-c5cccc(F)c5)nc4)CC3)C[C@@H]12. The van der Waals surface area contributed by atoms with Crippen molar-refractivity contribution in [2.45, 2.75) is 37.8 Å². The number of nitrogens with two attached hydrogens (primary N) is 1. The Morgan fingerprint density at radius 2 is 1.81 bits per heavy atom. The van der Waals surface area contributed by atoms with Crippen molar-refractivity contribution in [1.29, 1.82) is 0 Å². The molecular weight excluding hydrogens is 395 g/mol. The first-order chi connectivity index (χ1) is 15.0. The molecule has 2 saturated carbocycles. The molecule has 2 aliphatic carbocycles. The van der Waals surface area contributed by atoms with Gasteiger partial charge in [0.25, 0.3) is 5.91 Å². The number of piperidine rings is 1. The molecule has 3 atom stereocenters. The number of fused-ring (bicyclic) bond motifs is 1. The molecule has 0 radical (unpaired) electrons. The third-order valence-electron chi connectivity index (χ3n) is 7.13. The Bertz CT molecular complexity index is 975. The molecule has 6 nitrogen and oxygen atoms in total. The number of nitrogens with one attached hydrogen (secondary N) is 1. The van der Waals surface area contributed by atoms with Crippen LogP contribution >= 0.6 is 0 Å². The van der Waals surface area contributed by atoms with E-state index in [0.717, 1.165) is 38.8 Å². The Balaban J connectivity index is 1.12. The summed E-state index contributed by atoms with van der Waals surface area (Å²) in [4.78, 5) is 31.7. The maximum absolute atomic E-state index is 13.4. The van der Waals surface area contributed by atoms with Crippen molar-refractivity contribution in [1.82, 2.24) is 15.2 Å². The minimum atomic E-state index is -0.319. The number of hydrogen-bond acceptors (Lipinski definition) is 4. The monoisotopic (exact) mass is 422 g/mol. The number of halogens is 1. The Morgan fingerprint density at radius 1 is 1.06 bits per heavy atom. The zero-order valence-corrected chi connectivity index (χ0v) is 17.3. The first kappa shape index (κ1) is 20.1. The molecule has 5 rings (SSSR count). The van der Waals surface area contributed by atoms with Crippen molar-refractivity contribution in [3.8, 4) is 11.3 Å². The summed E-state index contributed by atoms with van der Waals surface area (Å²) in [5.74, 6) is 0.874. The van der Waals surface area contributed by atoms with Gasteiger partial charge in [-0.1, -0.05) is 12.1 Å². The van der Waals surface area contributed by atoms with Gasteiger partial charge in [-0.2, -0.15) is 0 Å². The van der Waals surface area contributed by atoms with Crippen LogP contribution in [0.4, 0.5) is 4.39 Å². The van der Waals surface area contributed by atoms with Crippen LogP contribution in [0.15, 0.2) is 42.6 Å². The molecule has 31 heavy (non-hydrogen) atoms. The van der Waals surface area contributed by atoms with Gasteiger partial charge >= 0.3 is 0 Å². The van der Waals surface area contributed by atoms with Crippen molar-refractivity contribution in [3.05, 3.63) is 54.0 Å². The Labute approximate surface area is 181 Å². The fourth-order valence-electron chi connectivity index (χ4n) is 5.11. The van der Waals surface area contributed by atoms with E-state index in [1.165, 1.54) is 18.3 Å². The van der Waals surface area contributed by atoms with E-state index >= 15 is 0 Å². The van der Waals surface area contributed by atoms with E-state index in [9.17, 15) is 14.0 Å². The molecule has 3 aliphatic rings. The summed E-state index contributed by atoms with van der Waals surface area (Å²) in [5.41, 5.74) is 7.74. The van der Waals surface area contributed by atoms with Crippen molar-refractivity contribution in [2.75, 3.05) is 13.1 Å². The number of nitrogens with zero attached hydrogens (tertiary/aromatic N) is 2. The second-order valence-electron chi connectivity index (χ2n) is 9.11. The number of carbonyl (C=O) groups is 2. The highest BCUT2D eigenvalue weighted by atomic mass is 19.1. The Morgan fingerprint density at radius 3 is 2.45 bits per heavy atom. The molecule has 1 aliphatic heterocycles. The average molecular weight is 423 g/mol. The summed E-state index contributed by atoms with van der Waals surface area (Å²) in [6, 6.07) is 10.0. The number of hydrogen-bond donors (Lipinski definition) is 2. The summed E-state index contributed by atoms with van der Waals surface area (Å²) in [6.45, 7) is 1.64. The lowest BCUT2D eigenvalue weighted by atomic mass is 9.85. The number of rotatable bonds is 4. The first-order valence-corrected chi connectivity index (χ1v) is 11.1. The first-order valence-electron chi connectivity index (χ1n) is 11.1. The minimum absolute atomic E-state index is 0.0640. The molecule has 1 aromatic heterocycles. The van der Waals surface area contributed by atoms with Crippen LogP contribution < -0.4 is 11.1 Å². The van der Waals surface area contributed by atoms with Crippen LogP contribution in [0, 0.1) is 23.6 Å². The van der Waals surface area contributed by atoms with Gasteiger partial charge in [0.1, 0.15) is 5.82 Å². The lowest BCUT2D eigenvalue weighted by Crippen LogP contribution is -2.43. The van der Waals surface area contributed by atoms with E-state index in [4.69, 9.17) is 5.73 Å². The quantitative estimate of drug-likeness (QED) is 0.793. The minimum Gasteiger partial charge on any atom is -0.349 e. The van der Waals surface area contributed by atoms with E-state index < -0.39 is 0 Å². The number of likely N-dealkylation sites (tertiary alicyclic amines) is 1. The van der Waals surface area contributed by atoms with Crippen LogP contribution in [0.25, 0.3) is 11.3 Å².